The molecule has 1 N–H and O–H groups in total. The van der Waals surface area contributed by atoms with Crippen LogP contribution in [0.1, 0.15) is 37.5 Å². The molecule has 8 heteroatoms. The van der Waals surface area contributed by atoms with E-state index in [1.807, 2.05) is 60.7 Å². The van der Waals surface area contributed by atoms with Gasteiger partial charge in [0.15, 0.2) is 6.10 Å². The number of carbonyl (C=O) groups excluding carboxylic acids is 3. The number of nitrogens with zero attached hydrogens (tertiary/aromatic N) is 1. The Kier molecular flexibility index (Phi) is 6.58. The summed E-state index contributed by atoms with van der Waals surface area (Å²) in [5, 5.41) is 10.4. The van der Waals surface area contributed by atoms with Crippen LogP contribution in [0.5, 0.6) is 0 Å². The number of esters is 2. The van der Waals surface area contributed by atoms with E-state index in [-0.39, 0.29) is 24.6 Å². The molecule has 172 valence electrons. The number of benzene rings is 2. The first-order chi connectivity index (χ1) is 15.8. The minimum Gasteiger partial charge on any atom is -0.461 e. The highest BCUT2D eigenvalue weighted by atomic mass is 32.2. The van der Waals surface area contributed by atoms with Crippen molar-refractivity contribution in [1.29, 1.82) is 0 Å². The molecular formula is C25H25NO6S. The number of ether oxygens (including phenoxy) is 2. The lowest BCUT2D eigenvalue weighted by molar-refractivity contribution is -0.160. The molecule has 1 amide bonds. The van der Waals surface area contributed by atoms with Gasteiger partial charge in [0.25, 0.3) is 0 Å². The lowest BCUT2D eigenvalue weighted by Crippen LogP contribution is -2.68. The molecule has 2 aliphatic rings. The fraction of sp³-hybridized carbons (Fsp3) is 0.320. The molecule has 1 fully saturated rings. The zero-order valence-electron chi connectivity index (χ0n) is 18.4. The fourth-order valence-electron chi connectivity index (χ4n) is 4.10. The quantitative estimate of drug-likeness (QED) is 0.494. The smallest absolute Gasteiger partial charge is 0.356 e. The molecule has 2 atom stereocenters. The highest BCUT2D eigenvalue weighted by molar-refractivity contribution is 8.01. The van der Waals surface area contributed by atoms with Gasteiger partial charge in [0.1, 0.15) is 17.2 Å². The summed E-state index contributed by atoms with van der Waals surface area (Å²) in [6, 6.07) is 18.7. The van der Waals surface area contributed by atoms with E-state index in [0.29, 0.717) is 11.3 Å². The normalized spacial score (nSPS) is 20.7. The zero-order chi connectivity index (χ0) is 23.6. The number of β-lactam (4-membered cyclic amide) rings is 1. The molecule has 1 saturated heterocycles. The van der Waals surface area contributed by atoms with Crippen molar-refractivity contribution in [2.75, 3.05) is 12.4 Å². The van der Waals surface area contributed by atoms with Crippen molar-refractivity contribution in [1.82, 2.24) is 4.90 Å². The van der Waals surface area contributed by atoms with Crippen LogP contribution in [-0.4, -0.2) is 51.2 Å². The Morgan fingerprint density at radius 1 is 1.09 bits per heavy atom. The first-order valence-electron chi connectivity index (χ1n) is 10.6. The number of hydrogen-bond acceptors (Lipinski definition) is 7. The van der Waals surface area contributed by atoms with Gasteiger partial charge in [0.2, 0.25) is 5.91 Å². The summed E-state index contributed by atoms with van der Waals surface area (Å²) in [4.78, 5) is 38.1. The van der Waals surface area contributed by atoms with Crippen molar-refractivity contribution in [3.63, 3.8) is 0 Å². The van der Waals surface area contributed by atoms with E-state index in [9.17, 15) is 19.5 Å². The van der Waals surface area contributed by atoms with E-state index >= 15 is 0 Å². The Morgan fingerprint density at radius 2 is 1.67 bits per heavy atom. The average molecular weight is 468 g/mol. The van der Waals surface area contributed by atoms with E-state index in [0.717, 1.165) is 11.1 Å². The Balaban J connectivity index is 1.73. The van der Waals surface area contributed by atoms with Gasteiger partial charge in [0, 0.05) is 18.2 Å². The number of carbonyl (C=O) groups is 3. The van der Waals surface area contributed by atoms with Gasteiger partial charge in [-0.05, 0) is 18.1 Å². The molecular weight excluding hydrogens is 442 g/mol. The second-order valence-corrected chi connectivity index (χ2v) is 9.34. The van der Waals surface area contributed by atoms with Crippen molar-refractivity contribution in [3.05, 3.63) is 83.1 Å². The number of amides is 1. The molecule has 0 saturated carbocycles. The molecule has 7 nitrogen and oxygen atoms in total. The van der Waals surface area contributed by atoms with Crippen molar-refractivity contribution >= 4 is 29.6 Å². The van der Waals surface area contributed by atoms with Gasteiger partial charge in [-0.15, -0.1) is 11.8 Å². The first kappa shape index (κ1) is 23.1. The predicted molar refractivity (Wildman–Crippen MR) is 123 cm³/mol. The molecule has 2 unspecified atom stereocenters. The summed E-state index contributed by atoms with van der Waals surface area (Å²) in [6.07, 6.45) is -1.44. The van der Waals surface area contributed by atoms with E-state index in [1.54, 1.807) is 6.92 Å². The number of rotatable bonds is 7. The maximum Gasteiger partial charge on any atom is 0.356 e. The third-order valence-corrected chi connectivity index (χ3v) is 7.47. The summed E-state index contributed by atoms with van der Waals surface area (Å²) in [7, 11) is 0. The van der Waals surface area contributed by atoms with E-state index in [4.69, 9.17) is 9.47 Å². The topological polar surface area (TPSA) is 93.1 Å². The largest absolute Gasteiger partial charge is 0.461 e. The van der Waals surface area contributed by atoms with Crippen molar-refractivity contribution in [3.8, 4) is 0 Å². The Morgan fingerprint density at radius 3 is 2.15 bits per heavy atom. The molecule has 2 aliphatic heterocycles. The molecule has 33 heavy (non-hydrogen) atoms. The number of aliphatic hydroxyl groups excluding tert-OH is 1. The maximum atomic E-state index is 13.6. The SMILES string of the molecule is CC(=O)OCC1=C(C(=O)OC(c2ccccc2)c2ccccc2)N2C(=O)CC2(C(C)O)SC1. The van der Waals surface area contributed by atoms with Gasteiger partial charge < -0.3 is 14.6 Å². The van der Waals surface area contributed by atoms with Crippen molar-refractivity contribution < 1.29 is 29.0 Å². The van der Waals surface area contributed by atoms with Gasteiger partial charge in [-0.1, -0.05) is 60.7 Å². The second-order valence-electron chi connectivity index (χ2n) is 8.05. The maximum absolute atomic E-state index is 13.6. The van der Waals surface area contributed by atoms with Crippen molar-refractivity contribution in [2.24, 2.45) is 0 Å². The summed E-state index contributed by atoms with van der Waals surface area (Å²) < 4.78 is 11.2. The lowest BCUT2D eigenvalue weighted by atomic mass is 9.93. The fourth-order valence-corrected chi connectivity index (χ4v) is 5.53. The second kappa shape index (κ2) is 9.41. The van der Waals surface area contributed by atoms with Crippen LogP contribution in [0.15, 0.2) is 71.9 Å². The minimum absolute atomic E-state index is 0.0454. The van der Waals surface area contributed by atoms with E-state index in [1.165, 1.54) is 23.6 Å². The van der Waals surface area contributed by atoms with Gasteiger partial charge >= 0.3 is 11.9 Å². The Hall–Kier alpha value is -3.10. The summed E-state index contributed by atoms with van der Waals surface area (Å²) in [6.45, 7) is 2.75. The minimum atomic E-state index is -0.930. The standard InChI is InChI=1S/C25H25NO6S/c1-16(27)25-13-21(29)26(25)22(20(15-33-25)14-31-17(2)28)24(30)32-23(18-9-5-3-6-10-18)19-11-7-4-8-12-19/h3-12,16,23,27H,13-15H2,1-2H3. The molecule has 0 aromatic heterocycles. The van der Waals surface area contributed by atoms with E-state index in [2.05, 4.69) is 0 Å². The van der Waals surface area contributed by atoms with Gasteiger partial charge in [-0.3, -0.25) is 14.5 Å². The molecule has 4 rings (SSSR count). The Bertz CT molecular complexity index is 1050. The number of aliphatic hydroxyl groups is 1. The average Bonchev–Trinajstić information content (AvgIpc) is 2.81. The number of hydrogen-bond donors (Lipinski definition) is 1. The molecule has 2 aromatic rings. The van der Waals surface area contributed by atoms with Gasteiger partial charge in [0.05, 0.1) is 12.5 Å². The predicted octanol–water partition coefficient (Wildman–Crippen LogP) is 3.19. The molecule has 2 aromatic carbocycles. The van der Waals surface area contributed by atoms with Crippen LogP contribution in [0.4, 0.5) is 0 Å². The lowest BCUT2D eigenvalue weighted by Gasteiger charge is -2.55. The molecule has 2 heterocycles. The summed E-state index contributed by atoms with van der Waals surface area (Å²) in [5.74, 6) is -1.15. The van der Waals surface area contributed by atoms with Gasteiger partial charge in [-0.2, -0.15) is 0 Å². The zero-order valence-corrected chi connectivity index (χ0v) is 19.2. The van der Waals surface area contributed by atoms with Crippen LogP contribution < -0.4 is 0 Å². The summed E-state index contributed by atoms with van der Waals surface area (Å²) in [5.41, 5.74) is 2.08. The highest BCUT2D eigenvalue weighted by Gasteiger charge is 2.60. The summed E-state index contributed by atoms with van der Waals surface area (Å²) >= 11 is 1.36. The van der Waals surface area contributed by atoms with Crippen LogP contribution in [0, 0.1) is 0 Å². The third-order valence-electron chi connectivity index (χ3n) is 5.81. The Labute approximate surface area is 196 Å². The van der Waals surface area contributed by atoms with Crippen LogP contribution in [0.3, 0.4) is 0 Å². The van der Waals surface area contributed by atoms with Crippen LogP contribution in [0.2, 0.25) is 0 Å². The number of thioether (sulfide) groups is 1. The molecule has 0 radical (unpaired) electrons. The molecule has 0 bridgehead atoms. The van der Waals surface area contributed by atoms with Gasteiger partial charge in [-0.25, -0.2) is 4.79 Å². The third kappa shape index (κ3) is 4.41. The van der Waals surface area contributed by atoms with Crippen molar-refractivity contribution in [2.45, 2.75) is 37.3 Å². The monoisotopic (exact) mass is 467 g/mol. The molecule has 0 spiro atoms. The van der Waals surface area contributed by atoms with Crippen LogP contribution >= 0.6 is 11.8 Å². The molecule has 0 aliphatic carbocycles. The first-order valence-corrected chi connectivity index (χ1v) is 11.6. The van der Waals surface area contributed by atoms with Crippen LogP contribution in [0.25, 0.3) is 0 Å². The highest BCUT2D eigenvalue weighted by Crippen LogP contribution is 2.52. The van der Waals surface area contributed by atoms with E-state index < -0.39 is 29.0 Å². The number of fused-ring (bicyclic) bond motifs is 1. The van der Waals surface area contributed by atoms with Crippen LogP contribution in [-0.2, 0) is 23.9 Å².